The fourth-order valence-electron chi connectivity index (χ4n) is 4.72. The van der Waals surface area contributed by atoms with Crippen LogP contribution in [0.4, 0.5) is 0 Å². The Morgan fingerprint density at radius 3 is 2.70 bits per heavy atom. The zero-order valence-electron chi connectivity index (χ0n) is 20.3. The molecule has 2 aromatic heterocycles. The zero-order chi connectivity index (χ0) is 23.3. The third-order valence-electron chi connectivity index (χ3n) is 6.67. The molecular formula is C26H38N4O2S. The van der Waals surface area contributed by atoms with Crippen LogP contribution in [0.5, 0.6) is 0 Å². The van der Waals surface area contributed by atoms with Crippen LogP contribution in [0.25, 0.3) is 16.6 Å². The van der Waals surface area contributed by atoms with Gasteiger partial charge in [0.05, 0.1) is 35.1 Å². The van der Waals surface area contributed by atoms with Crippen molar-refractivity contribution in [3.05, 3.63) is 29.0 Å². The summed E-state index contributed by atoms with van der Waals surface area (Å²) in [6, 6.07) is 0. The topological polar surface area (TPSA) is 69.0 Å². The second-order valence-corrected chi connectivity index (χ2v) is 11.3. The van der Waals surface area contributed by atoms with E-state index in [1.165, 1.54) is 32.1 Å². The van der Waals surface area contributed by atoms with Gasteiger partial charge < -0.3 is 10.1 Å². The van der Waals surface area contributed by atoms with Crippen LogP contribution >= 0.6 is 11.3 Å². The summed E-state index contributed by atoms with van der Waals surface area (Å²) in [6.45, 7) is 8.87. The number of carbonyl (C=O) groups is 1. The van der Waals surface area contributed by atoms with Gasteiger partial charge in [0.1, 0.15) is 5.01 Å². The Bertz CT molecular complexity index is 944. The molecule has 180 valence electrons. The van der Waals surface area contributed by atoms with Gasteiger partial charge in [0.2, 0.25) is 5.91 Å². The van der Waals surface area contributed by atoms with Gasteiger partial charge in [0, 0.05) is 25.1 Å². The van der Waals surface area contributed by atoms with Gasteiger partial charge in [-0.05, 0) is 64.4 Å². The minimum Gasteiger partial charge on any atom is -0.381 e. The van der Waals surface area contributed by atoms with E-state index in [9.17, 15) is 4.79 Å². The Labute approximate surface area is 201 Å². The zero-order valence-corrected chi connectivity index (χ0v) is 21.1. The molecule has 1 aliphatic heterocycles. The van der Waals surface area contributed by atoms with Crippen molar-refractivity contribution in [2.45, 2.75) is 77.7 Å². The van der Waals surface area contributed by atoms with E-state index in [0.29, 0.717) is 18.3 Å². The average molecular weight is 471 g/mol. The van der Waals surface area contributed by atoms with Gasteiger partial charge in [-0.15, -0.1) is 11.3 Å². The summed E-state index contributed by atoms with van der Waals surface area (Å²) in [7, 11) is 0. The Morgan fingerprint density at radius 1 is 1.21 bits per heavy atom. The second-order valence-electron chi connectivity index (χ2n) is 10.5. The van der Waals surface area contributed by atoms with Gasteiger partial charge in [-0.25, -0.2) is 4.98 Å². The van der Waals surface area contributed by atoms with Crippen LogP contribution in [0.15, 0.2) is 17.7 Å². The standard InChI is InChI=1S/C26H38N4O2S/c1-26(2,3)30-23(10-9-19-7-5-4-6-8-19)22(17-28-30)25-29-21(18-33-25)15-24(31)27-16-20-11-13-32-14-12-20/h9-10,17-20H,4-8,11-16H2,1-3H3,(H,27,31)/b10-9+. The van der Waals surface area contributed by atoms with Crippen LogP contribution in [0.1, 0.15) is 77.1 Å². The SMILES string of the molecule is CC(C)(C)n1ncc(-c2nc(CC(=O)NCC3CCOCC3)cs2)c1/C=C/C1CCCCC1. The lowest BCUT2D eigenvalue weighted by Crippen LogP contribution is -2.33. The number of ether oxygens (including phenoxy) is 1. The number of aromatic nitrogens is 3. The van der Waals surface area contributed by atoms with Crippen molar-refractivity contribution >= 4 is 23.3 Å². The van der Waals surface area contributed by atoms with Gasteiger partial charge in [0.15, 0.2) is 0 Å². The molecule has 2 aliphatic rings. The highest BCUT2D eigenvalue weighted by atomic mass is 32.1. The molecule has 0 atom stereocenters. The van der Waals surface area contributed by atoms with Crippen molar-refractivity contribution in [1.82, 2.24) is 20.1 Å². The highest BCUT2D eigenvalue weighted by molar-refractivity contribution is 7.13. The first kappa shape index (κ1) is 24.1. The summed E-state index contributed by atoms with van der Waals surface area (Å²) < 4.78 is 7.50. The Kier molecular flexibility index (Phi) is 8.02. The molecule has 2 fully saturated rings. The fourth-order valence-corrected chi connectivity index (χ4v) is 5.56. The smallest absolute Gasteiger partial charge is 0.226 e. The number of thiazole rings is 1. The number of carbonyl (C=O) groups excluding carboxylic acids is 1. The highest BCUT2D eigenvalue weighted by Crippen LogP contribution is 2.32. The van der Waals surface area contributed by atoms with E-state index in [-0.39, 0.29) is 11.4 Å². The first-order valence-electron chi connectivity index (χ1n) is 12.5. The predicted octanol–water partition coefficient (Wildman–Crippen LogP) is 5.44. The molecule has 3 heterocycles. The summed E-state index contributed by atoms with van der Waals surface area (Å²) in [5.41, 5.74) is 2.87. The summed E-state index contributed by atoms with van der Waals surface area (Å²) >= 11 is 1.60. The van der Waals surface area contributed by atoms with E-state index in [1.54, 1.807) is 11.3 Å². The van der Waals surface area contributed by atoms with E-state index >= 15 is 0 Å². The van der Waals surface area contributed by atoms with Crippen LogP contribution in [0.3, 0.4) is 0 Å². The monoisotopic (exact) mass is 470 g/mol. The largest absolute Gasteiger partial charge is 0.381 e. The quantitative estimate of drug-likeness (QED) is 0.585. The maximum Gasteiger partial charge on any atom is 0.226 e. The molecule has 1 saturated carbocycles. The van der Waals surface area contributed by atoms with E-state index in [4.69, 9.17) is 14.8 Å². The van der Waals surface area contributed by atoms with Crippen LogP contribution < -0.4 is 5.32 Å². The third kappa shape index (κ3) is 6.54. The molecule has 4 rings (SSSR count). The van der Waals surface area contributed by atoms with Gasteiger partial charge in [-0.1, -0.05) is 25.3 Å². The molecule has 0 aromatic carbocycles. The van der Waals surface area contributed by atoms with Crippen LogP contribution in [-0.2, 0) is 21.5 Å². The summed E-state index contributed by atoms with van der Waals surface area (Å²) in [5, 5.41) is 10.7. The lowest BCUT2D eigenvalue weighted by Gasteiger charge is -2.22. The first-order valence-corrected chi connectivity index (χ1v) is 13.3. The van der Waals surface area contributed by atoms with Crippen LogP contribution in [0.2, 0.25) is 0 Å². The average Bonchev–Trinajstić information content (AvgIpc) is 3.44. The number of amides is 1. The molecule has 0 spiro atoms. The van der Waals surface area contributed by atoms with Gasteiger partial charge >= 0.3 is 0 Å². The molecule has 7 heteroatoms. The highest BCUT2D eigenvalue weighted by Gasteiger charge is 2.23. The van der Waals surface area contributed by atoms with E-state index in [2.05, 4.69) is 42.9 Å². The molecule has 1 amide bonds. The van der Waals surface area contributed by atoms with E-state index in [1.807, 2.05) is 11.6 Å². The van der Waals surface area contributed by atoms with Crippen molar-refractivity contribution in [1.29, 1.82) is 0 Å². The molecule has 33 heavy (non-hydrogen) atoms. The number of nitrogens with one attached hydrogen (secondary N) is 1. The summed E-state index contributed by atoms with van der Waals surface area (Å²) in [5.74, 6) is 1.22. The van der Waals surface area contributed by atoms with Gasteiger partial charge in [0.25, 0.3) is 0 Å². The van der Waals surface area contributed by atoms with Crippen molar-refractivity contribution in [2.75, 3.05) is 19.8 Å². The van der Waals surface area contributed by atoms with Crippen molar-refractivity contribution in [2.24, 2.45) is 11.8 Å². The minimum absolute atomic E-state index is 0.0427. The van der Waals surface area contributed by atoms with Crippen molar-refractivity contribution < 1.29 is 9.53 Å². The molecule has 0 unspecified atom stereocenters. The molecule has 6 nitrogen and oxygen atoms in total. The Morgan fingerprint density at radius 2 is 1.97 bits per heavy atom. The normalized spacial score (nSPS) is 18.8. The number of rotatable bonds is 7. The van der Waals surface area contributed by atoms with Gasteiger partial charge in [-0.2, -0.15) is 5.10 Å². The summed E-state index contributed by atoms with van der Waals surface area (Å²) in [4.78, 5) is 17.3. The fraction of sp³-hybridized carbons (Fsp3) is 0.654. The lowest BCUT2D eigenvalue weighted by molar-refractivity contribution is -0.120. The maximum atomic E-state index is 12.5. The van der Waals surface area contributed by atoms with Crippen LogP contribution in [0, 0.1) is 11.8 Å². The minimum atomic E-state index is -0.116. The molecular weight excluding hydrogens is 432 g/mol. The Hall–Kier alpha value is -1.99. The van der Waals surface area contributed by atoms with Crippen molar-refractivity contribution in [3.8, 4) is 10.6 Å². The predicted molar refractivity (Wildman–Crippen MR) is 134 cm³/mol. The van der Waals surface area contributed by atoms with Crippen LogP contribution in [-0.4, -0.2) is 40.4 Å². The lowest BCUT2D eigenvalue weighted by atomic mass is 9.89. The van der Waals surface area contributed by atoms with E-state index < -0.39 is 0 Å². The third-order valence-corrected chi connectivity index (χ3v) is 7.59. The number of allylic oxidation sites excluding steroid dienone is 1. The number of hydrogen-bond donors (Lipinski definition) is 1. The molecule has 1 saturated heterocycles. The second kappa shape index (κ2) is 11.0. The maximum absolute atomic E-state index is 12.5. The molecule has 0 radical (unpaired) electrons. The molecule has 0 bridgehead atoms. The molecule has 1 aliphatic carbocycles. The molecule has 2 aromatic rings. The first-order chi connectivity index (χ1) is 15.9. The molecule has 1 N–H and O–H groups in total. The number of hydrogen-bond acceptors (Lipinski definition) is 5. The summed E-state index contributed by atoms with van der Waals surface area (Å²) in [6.07, 6.45) is 15.5. The van der Waals surface area contributed by atoms with Gasteiger partial charge in [-0.3, -0.25) is 9.48 Å². The van der Waals surface area contributed by atoms with Crippen molar-refractivity contribution in [3.63, 3.8) is 0 Å². The van der Waals surface area contributed by atoms with E-state index in [0.717, 1.165) is 54.6 Å². The Balaban J connectivity index is 1.45. The number of nitrogens with zero attached hydrogens (tertiary/aromatic N) is 3.